The molecule has 148 valence electrons. The first-order chi connectivity index (χ1) is 12.8. The normalized spacial score (nSPS) is 30.7. The van der Waals surface area contributed by atoms with Gasteiger partial charge in [0.15, 0.2) is 0 Å². The Hall–Kier alpha value is -0.780. The molecule has 0 aromatic carbocycles. The molecule has 0 heteroatoms. The van der Waals surface area contributed by atoms with Gasteiger partial charge in [-0.2, -0.15) is 0 Å². The summed E-state index contributed by atoms with van der Waals surface area (Å²) < 4.78 is 0. The molecule has 0 amide bonds. The summed E-state index contributed by atoms with van der Waals surface area (Å²) in [5.74, 6) is 3.76. The summed E-state index contributed by atoms with van der Waals surface area (Å²) in [6.45, 7) is 4.41. The molecule has 0 aliphatic heterocycles. The van der Waals surface area contributed by atoms with Crippen molar-refractivity contribution in [1.29, 1.82) is 0 Å². The molecule has 0 bridgehead atoms. The van der Waals surface area contributed by atoms with Crippen molar-refractivity contribution in [2.75, 3.05) is 0 Å². The van der Waals surface area contributed by atoms with Gasteiger partial charge in [0.25, 0.3) is 0 Å². The van der Waals surface area contributed by atoms with Gasteiger partial charge in [-0.1, -0.05) is 75.5 Å². The van der Waals surface area contributed by atoms with Gasteiger partial charge in [0.1, 0.15) is 0 Å². The Morgan fingerprint density at radius 3 is 1.54 bits per heavy atom. The van der Waals surface area contributed by atoms with E-state index in [1.807, 2.05) is 0 Å². The average molecular weight is 357 g/mol. The zero-order valence-electron chi connectivity index (χ0n) is 17.7. The minimum absolute atomic E-state index is 0.869. The summed E-state index contributed by atoms with van der Waals surface area (Å²) >= 11 is 0. The summed E-state index contributed by atoms with van der Waals surface area (Å²) in [7, 11) is 0. The Morgan fingerprint density at radius 1 is 0.615 bits per heavy atom. The lowest BCUT2D eigenvalue weighted by molar-refractivity contribution is 0.255. The van der Waals surface area contributed by atoms with E-state index in [0.29, 0.717) is 0 Å². The fraction of sp³-hybridized carbons (Fsp3) is 0.769. The second-order valence-corrected chi connectivity index (χ2v) is 8.93. The summed E-state index contributed by atoms with van der Waals surface area (Å²) in [6.07, 6.45) is 34.2. The van der Waals surface area contributed by atoms with Crippen LogP contribution in [-0.2, 0) is 0 Å². The second-order valence-electron chi connectivity index (χ2n) is 8.93. The molecule has 2 aliphatic rings. The van der Waals surface area contributed by atoms with Gasteiger partial charge in [0.05, 0.1) is 0 Å². The Labute approximate surface area is 164 Å². The van der Waals surface area contributed by atoms with Gasteiger partial charge in [-0.15, -0.1) is 0 Å². The van der Waals surface area contributed by atoms with Crippen LogP contribution in [0.1, 0.15) is 104 Å². The maximum atomic E-state index is 2.56. The summed E-state index contributed by atoms with van der Waals surface area (Å²) in [5.41, 5.74) is 0. The number of rotatable bonds is 10. The van der Waals surface area contributed by atoms with Gasteiger partial charge < -0.3 is 0 Å². The third-order valence-electron chi connectivity index (χ3n) is 6.77. The quantitative estimate of drug-likeness (QED) is 0.343. The topological polar surface area (TPSA) is 0 Å². The molecule has 0 spiro atoms. The van der Waals surface area contributed by atoms with Gasteiger partial charge in [-0.05, 0) is 88.4 Å². The SMILES string of the molecule is C/C=C/CCC1CCC(CC/C=C/C2CCC(/C=C/CCC)CC2)CC1. The highest BCUT2D eigenvalue weighted by Crippen LogP contribution is 2.34. The van der Waals surface area contributed by atoms with E-state index in [2.05, 4.69) is 50.3 Å². The highest BCUT2D eigenvalue weighted by molar-refractivity contribution is 4.96. The Balaban J connectivity index is 1.52. The lowest BCUT2D eigenvalue weighted by atomic mass is 9.78. The van der Waals surface area contributed by atoms with Crippen LogP contribution >= 0.6 is 0 Å². The third-order valence-corrected chi connectivity index (χ3v) is 6.77. The molecule has 0 N–H and O–H groups in total. The maximum Gasteiger partial charge on any atom is -0.0233 e. The van der Waals surface area contributed by atoms with E-state index in [1.54, 1.807) is 0 Å². The van der Waals surface area contributed by atoms with E-state index in [9.17, 15) is 0 Å². The fourth-order valence-electron chi connectivity index (χ4n) is 4.91. The van der Waals surface area contributed by atoms with Gasteiger partial charge in [-0.25, -0.2) is 0 Å². The van der Waals surface area contributed by atoms with Gasteiger partial charge in [0, 0.05) is 0 Å². The van der Waals surface area contributed by atoms with Crippen molar-refractivity contribution in [3.05, 3.63) is 36.5 Å². The van der Waals surface area contributed by atoms with Crippen molar-refractivity contribution in [3.8, 4) is 0 Å². The third kappa shape index (κ3) is 8.74. The molecule has 2 saturated carbocycles. The molecule has 0 saturated heterocycles. The molecule has 2 aliphatic carbocycles. The first kappa shape index (κ1) is 21.5. The fourth-order valence-corrected chi connectivity index (χ4v) is 4.91. The van der Waals surface area contributed by atoms with Gasteiger partial charge in [0.2, 0.25) is 0 Å². The zero-order chi connectivity index (χ0) is 18.5. The molecule has 2 fully saturated rings. The molecule has 0 aromatic heterocycles. The van der Waals surface area contributed by atoms with Gasteiger partial charge >= 0.3 is 0 Å². The monoisotopic (exact) mass is 356 g/mol. The average Bonchev–Trinajstić information content (AvgIpc) is 2.68. The number of hydrogen-bond donors (Lipinski definition) is 0. The van der Waals surface area contributed by atoms with E-state index >= 15 is 0 Å². The van der Waals surface area contributed by atoms with Crippen LogP contribution in [-0.4, -0.2) is 0 Å². The molecule has 0 heterocycles. The van der Waals surface area contributed by atoms with Crippen LogP contribution in [0.4, 0.5) is 0 Å². The van der Waals surface area contributed by atoms with Crippen LogP contribution in [0.15, 0.2) is 36.5 Å². The van der Waals surface area contributed by atoms with Crippen molar-refractivity contribution in [2.45, 2.75) is 104 Å². The molecular weight excluding hydrogens is 312 g/mol. The van der Waals surface area contributed by atoms with Crippen molar-refractivity contribution in [2.24, 2.45) is 23.7 Å². The Bertz CT molecular complexity index is 411. The molecule has 0 atom stereocenters. The molecule has 2 rings (SSSR count). The van der Waals surface area contributed by atoms with Crippen LogP contribution in [0.2, 0.25) is 0 Å². The van der Waals surface area contributed by atoms with E-state index in [-0.39, 0.29) is 0 Å². The lowest BCUT2D eigenvalue weighted by Crippen LogP contribution is -2.14. The lowest BCUT2D eigenvalue weighted by Gasteiger charge is -2.28. The van der Waals surface area contributed by atoms with Crippen molar-refractivity contribution in [1.82, 2.24) is 0 Å². The summed E-state index contributed by atoms with van der Waals surface area (Å²) in [5, 5.41) is 0. The van der Waals surface area contributed by atoms with Crippen LogP contribution < -0.4 is 0 Å². The van der Waals surface area contributed by atoms with Crippen LogP contribution in [0.25, 0.3) is 0 Å². The van der Waals surface area contributed by atoms with E-state index in [4.69, 9.17) is 0 Å². The standard InChI is InChI=1S/C26H44/c1-3-5-7-11-23-15-19-25(20-16-23)13-9-10-14-26-21-17-24(18-22-26)12-8-6-4-2/h3,5,8,10,12,14,23-26H,4,6-7,9,11,13,15-22H2,1-2H3/b5-3+,12-8+,14-10+. The van der Waals surface area contributed by atoms with Crippen LogP contribution in [0.5, 0.6) is 0 Å². The zero-order valence-corrected chi connectivity index (χ0v) is 17.7. The van der Waals surface area contributed by atoms with Crippen molar-refractivity contribution < 1.29 is 0 Å². The molecule has 0 radical (unpaired) electrons. The minimum atomic E-state index is 0.869. The van der Waals surface area contributed by atoms with Gasteiger partial charge in [-0.3, -0.25) is 0 Å². The van der Waals surface area contributed by atoms with E-state index in [0.717, 1.165) is 23.7 Å². The largest absolute Gasteiger partial charge is 0.0917 e. The maximum absolute atomic E-state index is 2.56. The minimum Gasteiger partial charge on any atom is -0.0917 e. The molecule has 0 nitrogen and oxygen atoms in total. The first-order valence-electron chi connectivity index (χ1n) is 11.8. The Kier molecular flexibility index (Phi) is 11.1. The Morgan fingerprint density at radius 2 is 1.08 bits per heavy atom. The summed E-state index contributed by atoms with van der Waals surface area (Å²) in [4.78, 5) is 0. The van der Waals surface area contributed by atoms with Crippen LogP contribution in [0, 0.1) is 23.7 Å². The number of allylic oxidation sites excluding steroid dienone is 6. The number of hydrogen-bond acceptors (Lipinski definition) is 0. The molecular formula is C26H44. The predicted molar refractivity (Wildman–Crippen MR) is 117 cm³/mol. The van der Waals surface area contributed by atoms with Crippen molar-refractivity contribution >= 4 is 0 Å². The van der Waals surface area contributed by atoms with Crippen molar-refractivity contribution in [3.63, 3.8) is 0 Å². The molecule has 26 heavy (non-hydrogen) atoms. The van der Waals surface area contributed by atoms with E-state index < -0.39 is 0 Å². The summed E-state index contributed by atoms with van der Waals surface area (Å²) in [6, 6.07) is 0. The first-order valence-corrected chi connectivity index (χ1v) is 11.8. The highest BCUT2D eigenvalue weighted by atomic mass is 14.3. The molecule has 0 unspecified atom stereocenters. The second kappa shape index (κ2) is 13.4. The number of unbranched alkanes of at least 4 members (excludes halogenated alkanes) is 1. The molecule has 0 aromatic rings. The van der Waals surface area contributed by atoms with Crippen LogP contribution in [0.3, 0.4) is 0 Å². The highest BCUT2D eigenvalue weighted by Gasteiger charge is 2.20. The predicted octanol–water partition coefficient (Wildman–Crippen LogP) is 8.65. The van der Waals surface area contributed by atoms with E-state index in [1.165, 1.54) is 89.9 Å². The smallest absolute Gasteiger partial charge is 0.0233 e.